The minimum absolute atomic E-state index is 0.0339. The number of aromatic nitrogens is 3. The van der Waals surface area contributed by atoms with Crippen LogP contribution in [0.5, 0.6) is 11.5 Å². The molecule has 28 heavy (non-hydrogen) atoms. The van der Waals surface area contributed by atoms with Crippen LogP contribution in [-0.4, -0.2) is 25.6 Å². The Balaban J connectivity index is 1.67. The SMILES string of the molecule is O=C(O)Cc1ccn(-c2cncc(-c3ccccc3Oc3ccccc3)n2)c1. The first kappa shape index (κ1) is 17.5. The Labute approximate surface area is 161 Å². The fourth-order valence-electron chi connectivity index (χ4n) is 2.86. The van der Waals surface area contributed by atoms with Crippen LogP contribution in [0.2, 0.25) is 0 Å². The van der Waals surface area contributed by atoms with Gasteiger partial charge in [0.1, 0.15) is 11.5 Å². The molecule has 0 aliphatic rings. The molecule has 6 nitrogen and oxygen atoms in total. The van der Waals surface area contributed by atoms with Crippen LogP contribution in [0.4, 0.5) is 0 Å². The quantitative estimate of drug-likeness (QED) is 0.545. The van der Waals surface area contributed by atoms with Crippen LogP contribution in [0.1, 0.15) is 5.56 Å². The molecule has 0 saturated heterocycles. The number of hydrogen-bond acceptors (Lipinski definition) is 4. The molecule has 2 heterocycles. The molecule has 6 heteroatoms. The smallest absolute Gasteiger partial charge is 0.307 e. The lowest BCUT2D eigenvalue weighted by Crippen LogP contribution is -2.00. The van der Waals surface area contributed by atoms with Crippen molar-refractivity contribution in [2.45, 2.75) is 6.42 Å². The first-order valence-corrected chi connectivity index (χ1v) is 8.72. The third kappa shape index (κ3) is 3.91. The molecule has 0 radical (unpaired) electrons. The Kier molecular flexibility index (Phi) is 4.84. The Morgan fingerprint density at radius 1 is 1.00 bits per heavy atom. The molecule has 0 spiro atoms. The van der Waals surface area contributed by atoms with E-state index in [0.29, 0.717) is 22.8 Å². The summed E-state index contributed by atoms with van der Waals surface area (Å²) in [6.07, 6.45) is 6.80. The number of rotatable bonds is 6. The highest BCUT2D eigenvalue weighted by Crippen LogP contribution is 2.32. The highest BCUT2D eigenvalue weighted by Gasteiger charge is 2.11. The molecule has 1 N–H and O–H groups in total. The molecule has 2 aromatic heterocycles. The molecule has 0 fully saturated rings. The molecule has 4 aromatic rings. The lowest BCUT2D eigenvalue weighted by Gasteiger charge is -2.11. The molecule has 0 saturated carbocycles. The van der Waals surface area contributed by atoms with E-state index in [-0.39, 0.29) is 6.42 Å². The highest BCUT2D eigenvalue weighted by atomic mass is 16.5. The minimum atomic E-state index is -0.871. The van der Waals surface area contributed by atoms with Gasteiger partial charge in [0, 0.05) is 18.0 Å². The second-order valence-electron chi connectivity index (χ2n) is 6.17. The summed E-state index contributed by atoms with van der Waals surface area (Å²) in [5.41, 5.74) is 2.18. The van der Waals surface area contributed by atoms with E-state index in [1.807, 2.05) is 54.6 Å². The zero-order valence-corrected chi connectivity index (χ0v) is 14.9. The van der Waals surface area contributed by atoms with Crippen molar-refractivity contribution < 1.29 is 14.6 Å². The molecular formula is C22H17N3O3. The summed E-state index contributed by atoms with van der Waals surface area (Å²) in [6, 6.07) is 18.9. The van der Waals surface area contributed by atoms with Crippen molar-refractivity contribution in [2.24, 2.45) is 0 Å². The van der Waals surface area contributed by atoms with Crippen LogP contribution in [-0.2, 0) is 11.2 Å². The number of carboxylic acids is 1. The number of carboxylic acid groups (broad SMARTS) is 1. The number of carbonyl (C=O) groups is 1. The van der Waals surface area contributed by atoms with Gasteiger partial charge in [-0.2, -0.15) is 0 Å². The summed E-state index contributed by atoms with van der Waals surface area (Å²) in [5.74, 6) is 1.15. The maximum absolute atomic E-state index is 10.9. The fourth-order valence-corrected chi connectivity index (χ4v) is 2.86. The van der Waals surface area contributed by atoms with Crippen molar-refractivity contribution in [2.75, 3.05) is 0 Å². The molecule has 138 valence electrons. The standard InChI is InChI=1S/C22H17N3O3/c26-22(27)12-16-10-11-25(15-16)21-14-23-13-19(24-21)18-8-4-5-9-20(18)28-17-6-2-1-3-7-17/h1-11,13-15H,12H2,(H,26,27). The minimum Gasteiger partial charge on any atom is -0.481 e. The molecule has 0 amide bonds. The van der Waals surface area contributed by atoms with Crippen LogP contribution < -0.4 is 4.74 Å². The lowest BCUT2D eigenvalue weighted by atomic mass is 10.1. The van der Waals surface area contributed by atoms with E-state index in [4.69, 9.17) is 9.84 Å². The van der Waals surface area contributed by atoms with Crippen LogP contribution in [0.3, 0.4) is 0 Å². The number of aliphatic carboxylic acids is 1. The maximum atomic E-state index is 10.9. The van der Waals surface area contributed by atoms with Gasteiger partial charge in [0.05, 0.1) is 24.5 Å². The van der Waals surface area contributed by atoms with E-state index in [2.05, 4.69) is 9.97 Å². The number of ether oxygens (including phenoxy) is 1. The van der Waals surface area contributed by atoms with Gasteiger partial charge < -0.3 is 14.4 Å². The molecule has 0 aliphatic carbocycles. The van der Waals surface area contributed by atoms with Gasteiger partial charge in [0.25, 0.3) is 0 Å². The first-order valence-electron chi connectivity index (χ1n) is 8.72. The second kappa shape index (κ2) is 7.75. The number of nitrogens with zero attached hydrogens (tertiary/aromatic N) is 3. The lowest BCUT2D eigenvalue weighted by molar-refractivity contribution is -0.136. The topological polar surface area (TPSA) is 77.2 Å². The third-order valence-electron chi connectivity index (χ3n) is 4.13. The van der Waals surface area contributed by atoms with E-state index in [0.717, 1.165) is 11.3 Å². The van der Waals surface area contributed by atoms with E-state index < -0.39 is 5.97 Å². The third-order valence-corrected chi connectivity index (χ3v) is 4.13. The molecular weight excluding hydrogens is 354 g/mol. The largest absolute Gasteiger partial charge is 0.481 e. The molecule has 4 rings (SSSR count). The van der Waals surface area contributed by atoms with Crippen molar-refractivity contribution in [1.82, 2.24) is 14.5 Å². The van der Waals surface area contributed by atoms with Gasteiger partial charge in [-0.15, -0.1) is 0 Å². The summed E-state index contributed by atoms with van der Waals surface area (Å²) in [7, 11) is 0. The monoisotopic (exact) mass is 371 g/mol. The normalized spacial score (nSPS) is 10.6. The zero-order chi connectivity index (χ0) is 19.3. The number of para-hydroxylation sites is 2. The number of benzene rings is 2. The Morgan fingerprint density at radius 3 is 2.61 bits per heavy atom. The van der Waals surface area contributed by atoms with Crippen LogP contribution in [0.15, 0.2) is 85.5 Å². The summed E-state index contributed by atoms with van der Waals surface area (Å²) >= 11 is 0. The zero-order valence-electron chi connectivity index (χ0n) is 14.9. The van der Waals surface area contributed by atoms with Crippen molar-refractivity contribution in [1.29, 1.82) is 0 Å². The molecule has 0 atom stereocenters. The summed E-state index contributed by atoms with van der Waals surface area (Å²) in [6.45, 7) is 0. The maximum Gasteiger partial charge on any atom is 0.307 e. The van der Waals surface area contributed by atoms with Gasteiger partial charge in [-0.25, -0.2) is 4.98 Å². The van der Waals surface area contributed by atoms with Crippen LogP contribution in [0.25, 0.3) is 17.1 Å². The van der Waals surface area contributed by atoms with Gasteiger partial charge in [-0.05, 0) is 35.9 Å². The second-order valence-corrected chi connectivity index (χ2v) is 6.17. The molecule has 0 unspecified atom stereocenters. The van der Waals surface area contributed by atoms with Gasteiger partial charge in [-0.3, -0.25) is 9.78 Å². The van der Waals surface area contributed by atoms with Gasteiger partial charge >= 0.3 is 5.97 Å². The van der Waals surface area contributed by atoms with E-state index in [1.165, 1.54) is 0 Å². The predicted octanol–water partition coefficient (Wildman–Crippen LogP) is 4.35. The highest BCUT2D eigenvalue weighted by molar-refractivity contribution is 5.70. The average molecular weight is 371 g/mol. The van der Waals surface area contributed by atoms with Gasteiger partial charge in [0.2, 0.25) is 0 Å². The van der Waals surface area contributed by atoms with E-state index in [9.17, 15) is 4.79 Å². The van der Waals surface area contributed by atoms with E-state index >= 15 is 0 Å². The molecule has 0 bridgehead atoms. The predicted molar refractivity (Wildman–Crippen MR) is 105 cm³/mol. The van der Waals surface area contributed by atoms with Crippen LogP contribution in [0, 0.1) is 0 Å². The Hall–Kier alpha value is -3.93. The Morgan fingerprint density at radius 2 is 1.79 bits per heavy atom. The van der Waals surface area contributed by atoms with Crippen molar-refractivity contribution in [3.05, 3.63) is 91.0 Å². The van der Waals surface area contributed by atoms with Gasteiger partial charge in [0.15, 0.2) is 5.82 Å². The Bertz CT molecular complexity index is 1110. The number of hydrogen-bond donors (Lipinski definition) is 1. The first-order chi connectivity index (χ1) is 13.7. The summed E-state index contributed by atoms with van der Waals surface area (Å²) < 4.78 is 7.78. The fraction of sp³-hybridized carbons (Fsp3) is 0.0455. The van der Waals surface area contributed by atoms with E-state index in [1.54, 1.807) is 35.4 Å². The van der Waals surface area contributed by atoms with Crippen molar-refractivity contribution in [3.63, 3.8) is 0 Å². The van der Waals surface area contributed by atoms with Gasteiger partial charge in [-0.1, -0.05) is 30.3 Å². The summed E-state index contributed by atoms with van der Waals surface area (Å²) in [5, 5.41) is 8.94. The molecule has 2 aromatic carbocycles. The van der Waals surface area contributed by atoms with Crippen molar-refractivity contribution >= 4 is 5.97 Å². The van der Waals surface area contributed by atoms with Crippen molar-refractivity contribution in [3.8, 4) is 28.6 Å². The van der Waals surface area contributed by atoms with Crippen LogP contribution >= 0.6 is 0 Å². The summed E-state index contributed by atoms with van der Waals surface area (Å²) in [4.78, 5) is 19.9. The molecule has 0 aliphatic heterocycles. The average Bonchev–Trinajstić information content (AvgIpc) is 3.17.